The summed E-state index contributed by atoms with van der Waals surface area (Å²) in [6.07, 6.45) is -2.56. The van der Waals surface area contributed by atoms with Crippen LogP contribution in [0.5, 0.6) is 0 Å². The summed E-state index contributed by atoms with van der Waals surface area (Å²) in [5, 5.41) is 0. The van der Waals surface area contributed by atoms with Gasteiger partial charge in [0.2, 0.25) is 0 Å². The van der Waals surface area contributed by atoms with Gasteiger partial charge in [0.05, 0.1) is 12.2 Å². The Balaban J connectivity index is 2.03. The molecule has 2 rings (SSSR count). The Kier molecular flexibility index (Phi) is 4.44. The van der Waals surface area contributed by atoms with Crippen molar-refractivity contribution in [2.24, 2.45) is 5.73 Å². The maximum Gasteiger partial charge on any atom is 0.401 e. The number of nitrogens with zero attached hydrogens (tertiary/aromatic N) is 3. The van der Waals surface area contributed by atoms with Crippen LogP contribution in [-0.4, -0.2) is 53.8 Å². The van der Waals surface area contributed by atoms with Gasteiger partial charge in [-0.05, 0) is 12.1 Å². The van der Waals surface area contributed by atoms with Gasteiger partial charge in [-0.1, -0.05) is 12.2 Å². The number of piperazine rings is 1. The quantitative estimate of drug-likeness (QED) is 0.855. The lowest BCUT2D eigenvalue weighted by atomic mass is 10.2. The highest BCUT2D eigenvalue weighted by Gasteiger charge is 2.32. The third-order valence-electron chi connectivity index (χ3n) is 3.14. The maximum atomic E-state index is 12.3. The molecule has 0 amide bonds. The molecule has 2 N–H and O–H groups in total. The molecule has 0 unspecified atom stereocenters. The van der Waals surface area contributed by atoms with Crippen LogP contribution in [0.15, 0.2) is 18.3 Å². The van der Waals surface area contributed by atoms with E-state index in [2.05, 4.69) is 4.98 Å². The number of hydrogen-bond acceptors (Lipinski definition) is 4. The van der Waals surface area contributed by atoms with Crippen LogP contribution in [0.1, 0.15) is 5.69 Å². The van der Waals surface area contributed by atoms with E-state index in [1.54, 1.807) is 12.3 Å². The third-order valence-corrected chi connectivity index (χ3v) is 3.33. The van der Waals surface area contributed by atoms with Crippen LogP contribution in [0.3, 0.4) is 0 Å². The van der Waals surface area contributed by atoms with Crippen molar-refractivity contribution in [1.82, 2.24) is 9.88 Å². The molecule has 20 heavy (non-hydrogen) atoms. The fourth-order valence-electron chi connectivity index (χ4n) is 2.24. The Bertz CT molecular complexity index is 484. The number of rotatable bonds is 3. The van der Waals surface area contributed by atoms with E-state index in [0.29, 0.717) is 31.9 Å². The molecule has 1 aliphatic heterocycles. The molecule has 8 heteroatoms. The minimum absolute atomic E-state index is 0.193. The van der Waals surface area contributed by atoms with Crippen LogP contribution < -0.4 is 10.6 Å². The summed E-state index contributed by atoms with van der Waals surface area (Å²) in [5.74, 6) is 0. The number of alkyl halides is 3. The van der Waals surface area contributed by atoms with Crippen LogP contribution in [0, 0.1) is 0 Å². The first kappa shape index (κ1) is 15.0. The smallest absolute Gasteiger partial charge is 0.388 e. The molecule has 1 aliphatic rings. The fraction of sp³-hybridized carbons (Fsp3) is 0.500. The maximum absolute atomic E-state index is 12.3. The molecule has 0 spiro atoms. The van der Waals surface area contributed by atoms with Gasteiger partial charge >= 0.3 is 6.18 Å². The van der Waals surface area contributed by atoms with E-state index in [4.69, 9.17) is 18.0 Å². The zero-order valence-corrected chi connectivity index (χ0v) is 11.5. The molecule has 1 fully saturated rings. The Morgan fingerprint density at radius 2 is 1.95 bits per heavy atom. The van der Waals surface area contributed by atoms with Crippen LogP contribution >= 0.6 is 12.2 Å². The molecule has 0 aromatic carbocycles. The molecule has 1 aromatic heterocycles. The molecule has 0 atom stereocenters. The Hall–Kier alpha value is -1.41. The van der Waals surface area contributed by atoms with Gasteiger partial charge in [-0.3, -0.25) is 9.88 Å². The molecule has 2 heterocycles. The summed E-state index contributed by atoms with van der Waals surface area (Å²) in [5.41, 5.74) is 6.92. The second-order valence-corrected chi connectivity index (χ2v) is 5.05. The first-order valence-corrected chi connectivity index (χ1v) is 6.56. The van der Waals surface area contributed by atoms with E-state index in [9.17, 15) is 13.2 Å². The van der Waals surface area contributed by atoms with Crippen molar-refractivity contribution in [2.75, 3.05) is 37.6 Å². The lowest BCUT2D eigenvalue weighted by Gasteiger charge is -2.36. The molecule has 1 aromatic rings. The van der Waals surface area contributed by atoms with E-state index < -0.39 is 12.7 Å². The minimum Gasteiger partial charge on any atom is -0.388 e. The SMILES string of the molecule is NC(=S)c1ncccc1N1CCN(CC(F)(F)F)CC1. The van der Waals surface area contributed by atoms with Crippen molar-refractivity contribution in [3.05, 3.63) is 24.0 Å². The van der Waals surface area contributed by atoms with E-state index in [0.717, 1.165) is 5.69 Å². The van der Waals surface area contributed by atoms with E-state index >= 15 is 0 Å². The van der Waals surface area contributed by atoms with Gasteiger partial charge in [-0.15, -0.1) is 0 Å². The van der Waals surface area contributed by atoms with E-state index in [1.165, 1.54) is 4.90 Å². The summed E-state index contributed by atoms with van der Waals surface area (Å²) in [6, 6.07) is 3.60. The zero-order chi connectivity index (χ0) is 14.8. The number of pyridine rings is 1. The molecule has 0 bridgehead atoms. The van der Waals surface area contributed by atoms with Gasteiger partial charge in [0.1, 0.15) is 10.7 Å². The second-order valence-electron chi connectivity index (χ2n) is 4.61. The van der Waals surface area contributed by atoms with Crippen LogP contribution in [0.4, 0.5) is 18.9 Å². The fourth-order valence-corrected chi connectivity index (χ4v) is 2.40. The lowest BCUT2D eigenvalue weighted by Crippen LogP contribution is -2.49. The zero-order valence-electron chi connectivity index (χ0n) is 10.7. The van der Waals surface area contributed by atoms with Gasteiger partial charge in [-0.2, -0.15) is 13.2 Å². The highest BCUT2D eigenvalue weighted by Crippen LogP contribution is 2.22. The van der Waals surface area contributed by atoms with Gasteiger partial charge < -0.3 is 10.6 Å². The van der Waals surface area contributed by atoms with Crippen LogP contribution in [0.25, 0.3) is 0 Å². The third kappa shape index (κ3) is 3.80. The molecule has 0 radical (unpaired) electrons. The largest absolute Gasteiger partial charge is 0.401 e. The number of hydrogen-bond donors (Lipinski definition) is 1. The van der Waals surface area contributed by atoms with Crippen LogP contribution in [0.2, 0.25) is 0 Å². The van der Waals surface area contributed by atoms with Gasteiger partial charge in [-0.25, -0.2) is 0 Å². The number of aromatic nitrogens is 1. The number of anilines is 1. The summed E-state index contributed by atoms with van der Waals surface area (Å²) < 4.78 is 37.0. The summed E-state index contributed by atoms with van der Waals surface area (Å²) >= 11 is 4.94. The number of thiocarbonyl (C=S) groups is 1. The Labute approximate surface area is 120 Å². The van der Waals surface area contributed by atoms with E-state index in [-0.39, 0.29) is 4.99 Å². The standard InChI is InChI=1S/C12H15F3N4S/c13-12(14,15)8-18-4-6-19(7-5-18)9-2-1-3-17-10(9)11(16)20/h1-3H,4-8H2,(H2,16,20). The van der Waals surface area contributed by atoms with Crippen molar-refractivity contribution >= 4 is 22.9 Å². The summed E-state index contributed by atoms with van der Waals surface area (Å²) in [7, 11) is 0. The molecular weight excluding hydrogens is 289 g/mol. The Morgan fingerprint density at radius 3 is 2.50 bits per heavy atom. The van der Waals surface area contributed by atoms with Crippen LogP contribution in [-0.2, 0) is 0 Å². The van der Waals surface area contributed by atoms with Crippen molar-refractivity contribution in [3.8, 4) is 0 Å². The first-order valence-electron chi connectivity index (χ1n) is 6.16. The predicted octanol–water partition coefficient (Wildman–Crippen LogP) is 1.40. The molecule has 110 valence electrons. The van der Waals surface area contributed by atoms with Crippen molar-refractivity contribution in [2.45, 2.75) is 6.18 Å². The van der Waals surface area contributed by atoms with E-state index in [1.807, 2.05) is 11.0 Å². The highest BCUT2D eigenvalue weighted by atomic mass is 32.1. The first-order chi connectivity index (χ1) is 9.37. The monoisotopic (exact) mass is 304 g/mol. The normalized spacial score (nSPS) is 17.2. The minimum atomic E-state index is -4.15. The topological polar surface area (TPSA) is 45.4 Å². The van der Waals surface area contributed by atoms with Crippen molar-refractivity contribution in [3.63, 3.8) is 0 Å². The Morgan fingerprint density at radius 1 is 1.30 bits per heavy atom. The molecular formula is C12H15F3N4S. The lowest BCUT2D eigenvalue weighted by molar-refractivity contribution is -0.146. The average Bonchev–Trinajstić information content (AvgIpc) is 2.38. The molecule has 0 aliphatic carbocycles. The van der Waals surface area contributed by atoms with Gasteiger partial charge in [0.25, 0.3) is 0 Å². The predicted molar refractivity (Wildman–Crippen MR) is 74.8 cm³/mol. The number of halogens is 3. The molecule has 0 saturated carbocycles. The highest BCUT2D eigenvalue weighted by molar-refractivity contribution is 7.80. The van der Waals surface area contributed by atoms with Crippen molar-refractivity contribution < 1.29 is 13.2 Å². The van der Waals surface area contributed by atoms with Gasteiger partial charge in [0, 0.05) is 32.4 Å². The second kappa shape index (κ2) is 5.92. The summed E-state index contributed by atoms with van der Waals surface area (Å²) in [4.78, 5) is 7.69. The summed E-state index contributed by atoms with van der Waals surface area (Å²) in [6.45, 7) is 0.834. The molecule has 4 nitrogen and oxygen atoms in total. The van der Waals surface area contributed by atoms with Gasteiger partial charge in [0.15, 0.2) is 0 Å². The van der Waals surface area contributed by atoms with Crippen molar-refractivity contribution in [1.29, 1.82) is 0 Å². The number of nitrogens with two attached hydrogens (primary N) is 1. The average molecular weight is 304 g/mol. The molecule has 1 saturated heterocycles.